The molecule has 1 aromatic rings. The molecule has 1 amide bonds. The maximum atomic E-state index is 12.6. The summed E-state index contributed by atoms with van der Waals surface area (Å²) in [5.74, 6) is 1.29. The van der Waals surface area contributed by atoms with E-state index in [0.717, 1.165) is 38.1 Å². The number of hydrogen-bond donors (Lipinski definition) is 2. The quantitative estimate of drug-likeness (QED) is 0.880. The van der Waals surface area contributed by atoms with Crippen LogP contribution < -0.4 is 10.6 Å². The minimum Gasteiger partial charge on any atom is -0.349 e. The maximum Gasteiger partial charge on any atom is 0.227 e. The fourth-order valence-electron chi connectivity index (χ4n) is 3.07. The minimum atomic E-state index is -0.252. The van der Waals surface area contributed by atoms with Crippen molar-refractivity contribution in [2.45, 2.75) is 37.1 Å². The van der Waals surface area contributed by atoms with Crippen LogP contribution in [0.25, 0.3) is 0 Å². The standard InChI is InChI=1S/C16H22N2OS/c1-16(8-4-9-17-11-16)15(19)18-13-7-10-20-14-6-3-2-5-12(13)14/h2-3,5-6,13,17H,4,7-11H2,1H3,(H,18,19). The SMILES string of the molecule is CC1(C(=O)NC2CCSc3ccccc32)CCCNC1. The second-order valence-electron chi connectivity index (χ2n) is 6.04. The van der Waals surface area contributed by atoms with Crippen LogP contribution in [0.4, 0.5) is 0 Å². The summed E-state index contributed by atoms with van der Waals surface area (Å²) in [6.45, 7) is 3.91. The van der Waals surface area contributed by atoms with Crippen molar-refractivity contribution in [1.82, 2.24) is 10.6 Å². The van der Waals surface area contributed by atoms with Crippen LogP contribution in [-0.2, 0) is 4.79 Å². The number of thioether (sulfide) groups is 1. The molecule has 0 saturated carbocycles. The van der Waals surface area contributed by atoms with Gasteiger partial charge in [0.05, 0.1) is 11.5 Å². The number of hydrogen-bond acceptors (Lipinski definition) is 3. The Morgan fingerprint density at radius 2 is 2.30 bits per heavy atom. The number of piperidine rings is 1. The second-order valence-corrected chi connectivity index (χ2v) is 7.18. The number of carbonyl (C=O) groups is 1. The Hall–Kier alpha value is -1.00. The van der Waals surface area contributed by atoms with Crippen molar-refractivity contribution < 1.29 is 4.79 Å². The molecule has 2 unspecified atom stereocenters. The lowest BCUT2D eigenvalue weighted by atomic mass is 9.81. The van der Waals surface area contributed by atoms with Gasteiger partial charge in [0, 0.05) is 17.2 Å². The lowest BCUT2D eigenvalue weighted by Gasteiger charge is -2.35. The van der Waals surface area contributed by atoms with E-state index >= 15 is 0 Å². The smallest absolute Gasteiger partial charge is 0.227 e. The zero-order valence-corrected chi connectivity index (χ0v) is 12.8. The largest absolute Gasteiger partial charge is 0.349 e. The number of carbonyl (C=O) groups excluding carboxylic acids is 1. The Morgan fingerprint density at radius 1 is 1.45 bits per heavy atom. The lowest BCUT2D eigenvalue weighted by Crippen LogP contribution is -2.49. The molecule has 3 rings (SSSR count). The summed E-state index contributed by atoms with van der Waals surface area (Å²) >= 11 is 1.89. The van der Waals surface area contributed by atoms with Crippen molar-refractivity contribution in [3.63, 3.8) is 0 Å². The van der Waals surface area contributed by atoms with Gasteiger partial charge >= 0.3 is 0 Å². The average molecular weight is 290 g/mol. The van der Waals surface area contributed by atoms with Gasteiger partial charge in [-0.1, -0.05) is 18.2 Å². The van der Waals surface area contributed by atoms with Gasteiger partial charge in [0.2, 0.25) is 5.91 Å². The molecule has 0 aromatic heterocycles. The fraction of sp³-hybridized carbons (Fsp3) is 0.562. The first-order valence-electron chi connectivity index (χ1n) is 7.42. The van der Waals surface area contributed by atoms with Crippen LogP contribution in [-0.4, -0.2) is 24.7 Å². The van der Waals surface area contributed by atoms with E-state index in [1.807, 2.05) is 11.8 Å². The van der Waals surface area contributed by atoms with E-state index in [1.54, 1.807) is 0 Å². The van der Waals surface area contributed by atoms with Crippen molar-refractivity contribution in [3.8, 4) is 0 Å². The van der Waals surface area contributed by atoms with Crippen LogP contribution in [0.3, 0.4) is 0 Å². The van der Waals surface area contributed by atoms with E-state index in [-0.39, 0.29) is 17.4 Å². The number of amides is 1. The first-order chi connectivity index (χ1) is 9.69. The van der Waals surface area contributed by atoms with Crippen molar-refractivity contribution in [2.24, 2.45) is 5.41 Å². The lowest BCUT2D eigenvalue weighted by molar-refractivity contribution is -0.132. The molecule has 0 spiro atoms. The summed E-state index contributed by atoms with van der Waals surface area (Å²) in [5.41, 5.74) is 1.03. The molecule has 0 bridgehead atoms. The van der Waals surface area contributed by atoms with E-state index in [4.69, 9.17) is 0 Å². The van der Waals surface area contributed by atoms with Crippen LogP contribution in [0, 0.1) is 5.41 Å². The van der Waals surface area contributed by atoms with Crippen LogP contribution in [0.15, 0.2) is 29.2 Å². The van der Waals surface area contributed by atoms with Gasteiger partial charge in [-0.3, -0.25) is 4.79 Å². The van der Waals surface area contributed by atoms with Crippen LogP contribution in [0.1, 0.15) is 37.8 Å². The molecule has 0 aliphatic carbocycles. The molecule has 1 saturated heterocycles. The Kier molecular flexibility index (Phi) is 4.03. The highest BCUT2D eigenvalue weighted by atomic mass is 32.2. The van der Waals surface area contributed by atoms with Gasteiger partial charge in [-0.05, 0) is 44.4 Å². The van der Waals surface area contributed by atoms with Gasteiger partial charge in [0.25, 0.3) is 0 Å². The molecule has 3 nitrogen and oxygen atoms in total. The molecular weight excluding hydrogens is 268 g/mol. The summed E-state index contributed by atoms with van der Waals surface area (Å²) in [6, 6.07) is 8.62. The third-order valence-electron chi connectivity index (χ3n) is 4.41. The number of fused-ring (bicyclic) bond motifs is 1. The summed E-state index contributed by atoms with van der Waals surface area (Å²) < 4.78 is 0. The minimum absolute atomic E-state index is 0.179. The van der Waals surface area contributed by atoms with Gasteiger partial charge in [-0.2, -0.15) is 0 Å². The highest BCUT2D eigenvalue weighted by Crippen LogP contribution is 2.36. The Labute approximate surface area is 124 Å². The molecule has 20 heavy (non-hydrogen) atoms. The second kappa shape index (κ2) is 5.78. The summed E-state index contributed by atoms with van der Waals surface area (Å²) in [4.78, 5) is 14.0. The van der Waals surface area contributed by atoms with E-state index in [2.05, 4.69) is 41.8 Å². The fourth-order valence-corrected chi connectivity index (χ4v) is 4.20. The first kappa shape index (κ1) is 14.0. The summed E-state index contributed by atoms with van der Waals surface area (Å²) in [5, 5.41) is 6.64. The molecular formula is C16H22N2OS. The zero-order valence-electron chi connectivity index (χ0n) is 11.9. The van der Waals surface area contributed by atoms with Crippen molar-refractivity contribution in [1.29, 1.82) is 0 Å². The van der Waals surface area contributed by atoms with Crippen LogP contribution in [0.2, 0.25) is 0 Å². The van der Waals surface area contributed by atoms with E-state index in [0.29, 0.717) is 0 Å². The van der Waals surface area contributed by atoms with Crippen molar-refractivity contribution in [2.75, 3.05) is 18.8 Å². The first-order valence-corrected chi connectivity index (χ1v) is 8.41. The molecule has 2 heterocycles. The molecule has 2 aliphatic heterocycles. The highest BCUT2D eigenvalue weighted by Gasteiger charge is 2.36. The molecule has 1 aromatic carbocycles. The number of nitrogens with one attached hydrogen (secondary N) is 2. The van der Waals surface area contributed by atoms with E-state index in [1.165, 1.54) is 10.5 Å². The average Bonchev–Trinajstić information content (AvgIpc) is 2.48. The number of benzene rings is 1. The molecule has 2 N–H and O–H groups in total. The van der Waals surface area contributed by atoms with Crippen LogP contribution in [0.5, 0.6) is 0 Å². The maximum absolute atomic E-state index is 12.6. The normalized spacial score (nSPS) is 29.6. The van der Waals surface area contributed by atoms with Crippen molar-refractivity contribution >= 4 is 17.7 Å². The highest BCUT2D eigenvalue weighted by molar-refractivity contribution is 7.99. The van der Waals surface area contributed by atoms with Gasteiger partial charge in [0.15, 0.2) is 0 Å². The summed E-state index contributed by atoms with van der Waals surface area (Å²) in [6.07, 6.45) is 3.09. The molecule has 2 aliphatic rings. The molecule has 4 heteroatoms. The Balaban J connectivity index is 1.74. The molecule has 2 atom stereocenters. The monoisotopic (exact) mass is 290 g/mol. The summed E-state index contributed by atoms with van der Waals surface area (Å²) in [7, 11) is 0. The Bertz CT molecular complexity index is 497. The van der Waals surface area contributed by atoms with E-state index in [9.17, 15) is 4.79 Å². The van der Waals surface area contributed by atoms with Crippen molar-refractivity contribution in [3.05, 3.63) is 29.8 Å². The molecule has 0 radical (unpaired) electrons. The van der Waals surface area contributed by atoms with Gasteiger partial charge in [-0.25, -0.2) is 0 Å². The van der Waals surface area contributed by atoms with Gasteiger partial charge in [-0.15, -0.1) is 11.8 Å². The van der Waals surface area contributed by atoms with Gasteiger partial charge in [0.1, 0.15) is 0 Å². The topological polar surface area (TPSA) is 41.1 Å². The van der Waals surface area contributed by atoms with Crippen LogP contribution >= 0.6 is 11.8 Å². The predicted molar refractivity (Wildman–Crippen MR) is 82.9 cm³/mol. The third-order valence-corrected chi connectivity index (χ3v) is 5.53. The van der Waals surface area contributed by atoms with Gasteiger partial charge < -0.3 is 10.6 Å². The number of rotatable bonds is 2. The predicted octanol–water partition coefficient (Wildman–Crippen LogP) is 2.73. The zero-order chi connectivity index (χ0) is 14.0. The molecule has 1 fully saturated rings. The molecule has 108 valence electrons. The van der Waals surface area contributed by atoms with E-state index < -0.39 is 0 Å². The Morgan fingerprint density at radius 3 is 3.10 bits per heavy atom. The third kappa shape index (κ3) is 2.72.